The van der Waals surface area contributed by atoms with Gasteiger partial charge in [0.15, 0.2) is 0 Å². The molecule has 1 amide bonds. The van der Waals surface area contributed by atoms with Gasteiger partial charge in [0.25, 0.3) is 5.91 Å². The number of amides is 1. The molecule has 0 aliphatic heterocycles. The van der Waals surface area contributed by atoms with Crippen molar-refractivity contribution in [3.8, 4) is 0 Å². The second kappa shape index (κ2) is 4.36. The van der Waals surface area contributed by atoms with E-state index in [2.05, 4.69) is 15.5 Å². The highest BCUT2D eigenvalue weighted by Gasteiger charge is 2.10. The van der Waals surface area contributed by atoms with Gasteiger partial charge in [-0.15, -0.1) is 11.3 Å². The summed E-state index contributed by atoms with van der Waals surface area (Å²) in [6.45, 7) is 2.33. The van der Waals surface area contributed by atoms with Crippen molar-refractivity contribution in [1.82, 2.24) is 15.5 Å². The van der Waals surface area contributed by atoms with Crippen molar-refractivity contribution >= 4 is 22.9 Å². The quantitative estimate of drug-likeness (QED) is 0.750. The first kappa shape index (κ1) is 10.7. The summed E-state index contributed by atoms with van der Waals surface area (Å²) in [5.41, 5.74) is 7.22. The molecule has 0 aliphatic carbocycles. The van der Waals surface area contributed by atoms with Crippen LogP contribution in [0.4, 0.5) is 5.69 Å². The Labute approximate surface area is 96.7 Å². The Morgan fingerprint density at radius 2 is 2.50 bits per heavy atom. The molecule has 2 aromatic rings. The number of carbonyl (C=O) groups excluding carboxylic acids is 1. The summed E-state index contributed by atoms with van der Waals surface area (Å²) >= 11 is 1.40. The van der Waals surface area contributed by atoms with E-state index in [-0.39, 0.29) is 5.91 Å². The monoisotopic (exact) mass is 236 g/mol. The number of hydrogen-bond donors (Lipinski definition) is 3. The lowest BCUT2D eigenvalue weighted by atomic mass is 10.3. The number of nitrogen functional groups attached to an aromatic ring is 1. The van der Waals surface area contributed by atoms with E-state index in [1.54, 1.807) is 12.3 Å². The molecule has 6 heteroatoms. The van der Waals surface area contributed by atoms with Gasteiger partial charge in [0.1, 0.15) is 0 Å². The summed E-state index contributed by atoms with van der Waals surface area (Å²) in [4.78, 5) is 13.3. The fourth-order valence-electron chi connectivity index (χ4n) is 1.25. The summed E-state index contributed by atoms with van der Waals surface area (Å²) in [6.07, 6.45) is 1.65. The lowest BCUT2D eigenvalue weighted by molar-refractivity contribution is 0.0954. The third-order valence-electron chi connectivity index (χ3n) is 2.18. The Hall–Kier alpha value is -1.82. The van der Waals surface area contributed by atoms with Gasteiger partial charge in [-0.05, 0) is 19.1 Å². The molecule has 2 aromatic heterocycles. The summed E-state index contributed by atoms with van der Waals surface area (Å²) < 4.78 is 0. The highest BCUT2D eigenvalue weighted by Crippen LogP contribution is 2.23. The number of nitrogens with two attached hydrogens (primary N) is 1. The van der Waals surface area contributed by atoms with Crippen LogP contribution in [0, 0.1) is 6.92 Å². The van der Waals surface area contributed by atoms with E-state index < -0.39 is 0 Å². The van der Waals surface area contributed by atoms with Crippen LogP contribution < -0.4 is 11.1 Å². The third kappa shape index (κ3) is 2.22. The molecule has 0 spiro atoms. The van der Waals surface area contributed by atoms with E-state index in [0.29, 0.717) is 17.1 Å². The first-order valence-corrected chi connectivity index (χ1v) is 5.61. The van der Waals surface area contributed by atoms with Gasteiger partial charge in [0.2, 0.25) is 0 Å². The van der Waals surface area contributed by atoms with E-state index in [1.807, 2.05) is 13.0 Å². The van der Waals surface area contributed by atoms with Gasteiger partial charge in [-0.25, -0.2) is 0 Å². The SMILES string of the molecule is Cc1sc(C(=O)NCc2ccn[nH]2)cc1N. The average molecular weight is 236 g/mol. The number of aryl methyl sites for hydroxylation is 1. The largest absolute Gasteiger partial charge is 0.398 e. The van der Waals surface area contributed by atoms with Gasteiger partial charge in [-0.2, -0.15) is 5.10 Å². The number of rotatable bonds is 3. The van der Waals surface area contributed by atoms with Crippen molar-refractivity contribution in [2.75, 3.05) is 5.73 Å². The van der Waals surface area contributed by atoms with Crippen molar-refractivity contribution < 1.29 is 4.79 Å². The molecule has 4 N–H and O–H groups in total. The average Bonchev–Trinajstić information content (AvgIpc) is 2.86. The molecule has 0 aliphatic rings. The maximum atomic E-state index is 11.7. The fraction of sp³-hybridized carbons (Fsp3) is 0.200. The molecule has 0 fully saturated rings. The minimum Gasteiger partial charge on any atom is -0.398 e. The van der Waals surface area contributed by atoms with Gasteiger partial charge in [0, 0.05) is 16.8 Å². The van der Waals surface area contributed by atoms with Crippen molar-refractivity contribution in [2.45, 2.75) is 13.5 Å². The maximum absolute atomic E-state index is 11.7. The van der Waals surface area contributed by atoms with Crippen LogP contribution in [0.25, 0.3) is 0 Å². The van der Waals surface area contributed by atoms with Crippen LogP contribution in [0.3, 0.4) is 0 Å². The Kier molecular flexibility index (Phi) is 2.91. The predicted octanol–water partition coefficient (Wildman–Crippen LogP) is 1.29. The number of nitrogens with one attached hydrogen (secondary N) is 2. The molecular weight excluding hydrogens is 224 g/mol. The number of carbonyl (C=O) groups is 1. The second-order valence-corrected chi connectivity index (χ2v) is 4.64. The zero-order chi connectivity index (χ0) is 11.5. The molecule has 0 saturated heterocycles. The molecule has 0 atom stereocenters. The molecule has 16 heavy (non-hydrogen) atoms. The molecule has 5 nitrogen and oxygen atoms in total. The Bertz CT molecular complexity index is 469. The van der Waals surface area contributed by atoms with Crippen LogP contribution in [0.2, 0.25) is 0 Å². The topological polar surface area (TPSA) is 83.8 Å². The summed E-state index contributed by atoms with van der Waals surface area (Å²) in [5.74, 6) is -0.112. The zero-order valence-corrected chi connectivity index (χ0v) is 9.60. The highest BCUT2D eigenvalue weighted by molar-refractivity contribution is 7.14. The summed E-state index contributed by atoms with van der Waals surface area (Å²) in [5, 5.41) is 9.36. The lowest BCUT2D eigenvalue weighted by Gasteiger charge is -2.00. The first-order valence-electron chi connectivity index (χ1n) is 4.79. The molecule has 0 bridgehead atoms. The number of H-pyrrole nitrogens is 1. The minimum atomic E-state index is -0.112. The molecule has 2 heterocycles. The Balaban J connectivity index is 1.98. The Morgan fingerprint density at radius 1 is 1.69 bits per heavy atom. The molecular formula is C10H12N4OS. The van der Waals surface area contributed by atoms with Crippen LogP contribution in [0.15, 0.2) is 18.3 Å². The van der Waals surface area contributed by atoms with Crippen molar-refractivity contribution in [3.63, 3.8) is 0 Å². The van der Waals surface area contributed by atoms with Crippen LogP contribution in [-0.2, 0) is 6.54 Å². The van der Waals surface area contributed by atoms with Gasteiger partial charge >= 0.3 is 0 Å². The number of hydrogen-bond acceptors (Lipinski definition) is 4. The van der Waals surface area contributed by atoms with Crippen LogP contribution in [0.1, 0.15) is 20.2 Å². The van der Waals surface area contributed by atoms with Crippen molar-refractivity contribution in [2.24, 2.45) is 0 Å². The molecule has 2 rings (SSSR count). The van der Waals surface area contributed by atoms with E-state index in [0.717, 1.165) is 10.6 Å². The second-order valence-electron chi connectivity index (χ2n) is 3.39. The molecule has 0 aromatic carbocycles. The maximum Gasteiger partial charge on any atom is 0.261 e. The predicted molar refractivity (Wildman–Crippen MR) is 63.2 cm³/mol. The van der Waals surface area contributed by atoms with E-state index in [1.165, 1.54) is 11.3 Å². The Morgan fingerprint density at radius 3 is 3.06 bits per heavy atom. The van der Waals surface area contributed by atoms with E-state index in [4.69, 9.17) is 5.73 Å². The molecule has 84 valence electrons. The lowest BCUT2D eigenvalue weighted by Crippen LogP contribution is -2.21. The van der Waals surface area contributed by atoms with Gasteiger partial charge in [-0.3, -0.25) is 9.89 Å². The van der Waals surface area contributed by atoms with Gasteiger partial charge in [0.05, 0.1) is 17.1 Å². The molecule has 0 unspecified atom stereocenters. The number of anilines is 1. The molecule has 0 radical (unpaired) electrons. The van der Waals surface area contributed by atoms with Crippen LogP contribution in [-0.4, -0.2) is 16.1 Å². The van der Waals surface area contributed by atoms with Crippen LogP contribution >= 0.6 is 11.3 Å². The third-order valence-corrected chi connectivity index (χ3v) is 3.24. The summed E-state index contributed by atoms with van der Waals surface area (Å²) in [7, 11) is 0. The standard InChI is InChI=1S/C10H12N4OS/c1-6-8(11)4-9(16-6)10(15)12-5-7-2-3-13-14-7/h2-4H,5,11H2,1H3,(H,12,15)(H,13,14). The van der Waals surface area contributed by atoms with Crippen LogP contribution in [0.5, 0.6) is 0 Å². The van der Waals surface area contributed by atoms with E-state index in [9.17, 15) is 4.79 Å². The van der Waals surface area contributed by atoms with Gasteiger partial charge in [-0.1, -0.05) is 0 Å². The fourth-order valence-corrected chi connectivity index (χ4v) is 2.11. The number of nitrogens with zero attached hydrogens (tertiary/aromatic N) is 1. The smallest absolute Gasteiger partial charge is 0.261 e. The number of aromatic amines is 1. The molecule has 0 saturated carbocycles. The van der Waals surface area contributed by atoms with Crippen molar-refractivity contribution in [3.05, 3.63) is 33.8 Å². The summed E-state index contributed by atoms with van der Waals surface area (Å²) in [6, 6.07) is 3.51. The first-order chi connectivity index (χ1) is 7.66. The normalized spacial score (nSPS) is 10.3. The van der Waals surface area contributed by atoms with Crippen molar-refractivity contribution in [1.29, 1.82) is 0 Å². The van der Waals surface area contributed by atoms with E-state index >= 15 is 0 Å². The number of aromatic nitrogens is 2. The minimum absolute atomic E-state index is 0.112. The van der Waals surface area contributed by atoms with Gasteiger partial charge < -0.3 is 11.1 Å². The number of thiophene rings is 1. The highest BCUT2D eigenvalue weighted by atomic mass is 32.1. The zero-order valence-electron chi connectivity index (χ0n) is 8.78.